The van der Waals surface area contributed by atoms with Crippen molar-refractivity contribution in [1.82, 2.24) is 19.5 Å². The largest absolute Gasteiger partial charge is 0.474 e. The zero-order valence-electron chi connectivity index (χ0n) is 27.6. The lowest BCUT2D eigenvalue weighted by atomic mass is 9.79. The van der Waals surface area contributed by atoms with Crippen molar-refractivity contribution >= 4 is 62.0 Å². The van der Waals surface area contributed by atoms with Gasteiger partial charge in [0, 0.05) is 48.5 Å². The third-order valence-corrected chi connectivity index (χ3v) is 11.7. The number of rotatable bonds is 10. The first-order valence-electron chi connectivity index (χ1n) is 16.0. The van der Waals surface area contributed by atoms with Crippen LogP contribution in [0.2, 0.25) is 4.34 Å². The third-order valence-electron chi connectivity index (χ3n) is 8.85. The van der Waals surface area contributed by atoms with E-state index >= 15 is 4.79 Å². The van der Waals surface area contributed by atoms with Gasteiger partial charge < -0.3 is 14.5 Å². The number of likely N-dealkylation sites (tertiary alicyclic amines) is 1. The standard InChI is InChI=1S/C32H33ClF6N4O6S3/c1-3-6-23-30(49-18-15-24(50-17-18)32(37,38)39,11-5-13-43(23)28(45)27-20(31(34,35)36)7-4-12-40-27)29(46)42-14-10-22-19(16-25(33)51-22)21(42)8-9-26(44)41-52(2,47)48/h4,7,12,15-17,21,23H,3,5-6,8-11,13-14H2,1-2H3,(H,41,44)/t21?,23-,30-/m1/s1. The molecule has 0 aromatic carbocycles. The topological polar surface area (TPSA) is 126 Å². The van der Waals surface area contributed by atoms with Crippen molar-refractivity contribution in [1.29, 1.82) is 0 Å². The summed E-state index contributed by atoms with van der Waals surface area (Å²) in [6.07, 6.45) is -7.82. The summed E-state index contributed by atoms with van der Waals surface area (Å²) in [7, 11) is -3.91. The van der Waals surface area contributed by atoms with Crippen molar-refractivity contribution in [2.24, 2.45) is 0 Å². The summed E-state index contributed by atoms with van der Waals surface area (Å²) in [4.78, 5) is 47.9. The van der Waals surface area contributed by atoms with Crippen molar-refractivity contribution in [3.8, 4) is 5.75 Å². The molecule has 3 aromatic rings. The molecule has 3 atom stereocenters. The van der Waals surface area contributed by atoms with Crippen molar-refractivity contribution in [2.75, 3.05) is 19.3 Å². The molecule has 5 heterocycles. The number of carbonyl (C=O) groups is 3. The zero-order valence-corrected chi connectivity index (χ0v) is 30.8. The van der Waals surface area contributed by atoms with Gasteiger partial charge >= 0.3 is 12.4 Å². The van der Waals surface area contributed by atoms with Crippen molar-refractivity contribution in [3.05, 3.63) is 66.8 Å². The van der Waals surface area contributed by atoms with Crippen LogP contribution in [0.3, 0.4) is 0 Å². The van der Waals surface area contributed by atoms with Crippen molar-refractivity contribution in [2.45, 2.75) is 81.9 Å². The minimum atomic E-state index is -4.95. The predicted molar refractivity (Wildman–Crippen MR) is 181 cm³/mol. The number of aromatic nitrogens is 1. The molecule has 5 rings (SSSR count). The van der Waals surface area contributed by atoms with Crippen LogP contribution in [-0.4, -0.2) is 71.9 Å². The summed E-state index contributed by atoms with van der Waals surface area (Å²) >= 11 is 7.93. The molecule has 2 aliphatic heterocycles. The van der Waals surface area contributed by atoms with Gasteiger partial charge in [-0.1, -0.05) is 24.9 Å². The van der Waals surface area contributed by atoms with Crippen LogP contribution in [0.4, 0.5) is 26.3 Å². The number of thiophene rings is 2. The molecule has 20 heteroatoms. The van der Waals surface area contributed by atoms with Gasteiger partial charge in [-0.15, -0.1) is 22.7 Å². The summed E-state index contributed by atoms with van der Waals surface area (Å²) in [5, 5.41) is 1.07. The molecule has 1 saturated heterocycles. The van der Waals surface area contributed by atoms with Crippen LogP contribution in [0, 0.1) is 0 Å². The van der Waals surface area contributed by atoms with Crippen LogP contribution in [-0.2, 0) is 38.4 Å². The molecule has 1 unspecified atom stereocenters. The fourth-order valence-corrected chi connectivity index (χ4v) is 9.35. The first kappa shape index (κ1) is 39.8. The second kappa shape index (κ2) is 15.1. The quantitative estimate of drug-likeness (QED) is 0.217. The molecule has 0 saturated carbocycles. The number of carbonyl (C=O) groups excluding carboxylic acids is 3. The Morgan fingerprint density at radius 3 is 2.46 bits per heavy atom. The SMILES string of the molecule is CCC[C@H]1N(C(=O)c2ncccc2C(F)(F)F)CCC[C@]1(Oc1csc(C(F)(F)F)c1)C(=O)N1CCc2sc(Cl)cc2C1CCC(=O)NS(C)(=O)=O. The average Bonchev–Trinajstić information content (AvgIpc) is 3.68. The molecule has 0 spiro atoms. The molecule has 1 N–H and O–H groups in total. The van der Waals surface area contributed by atoms with E-state index in [-0.39, 0.29) is 57.4 Å². The monoisotopic (exact) mass is 814 g/mol. The Kier molecular flexibility index (Phi) is 11.6. The number of hydrogen-bond acceptors (Lipinski definition) is 9. The van der Waals surface area contributed by atoms with Gasteiger partial charge in [0.05, 0.1) is 28.2 Å². The van der Waals surface area contributed by atoms with E-state index in [0.717, 1.165) is 39.7 Å². The lowest BCUT2D eigenvalue weighted by Gasteiger charge is -2.51. The molecule has 0 radical (unpaired) electrons. The molecule has 0 aliphatic carbocycles. The van der Waals surface area contributed by atoms with Crippen molar-refractivity contribution < 1.29 is 53.9 Å². The first-order chi connectivity index (χ1) is 24.2. The Labute approximate surface area is 308 Å². The highest BCUT2D eigenvalue weighted by Gasteiger charge is 2.57. The number of pyridine rings is 1. The molecule has 284 valence electrons. The number of hydrogen-bond donors (Lipinski definition) is 1. The van der Waals surface area contributed by atoms with E-state index in [9.17, 15) is 44.3 Å². The van der Waals surface area contributed by atoms with E-state index in [1.807, 2.05) is 4.72 Å². The highest BCUT2D eigenvalue weighted by molar-refractivity contribution is 7.89. The molecular formula is C32H33ClF6N4O6S3. The van der Waals surface area contributed by atoms with Crippen LogP contribution >= 0.6 is 34.3 Å². The number of piperidine rings is 1. The maximum Gasteiger partial charge on any atom is 0.425 e. The van der Waals surface area contributed by atoms with Crippen LogP contribution < -0.4 is 9.46 Å². The highest BCUT2D eigenvalue weighted by atomic mass is 35.5. The van der Waals surface area contributed by atoms with E-state index in [1.54, 1.807) is 13.0 Å². The summed E-state index contributed by atoms with van der Waals surface area (Å²) in [6.45, 7) is 1.63. The van der Waals surface area contributed by atoms with Crippen molar-refractivity contribution in [3.63, 3.8) is 0 Å². The second-order valence-electron chi connectivity index (χ2n) is 12.5. The van der Waals surface area contributed by atoms with Crippen LogP contribution in [0.5, 0.6) is 5.75 Å². The number of halogens is 7. The normalized spacial score (nSPS) is 21.1. The second-order valence-corrected chi connectivity index (χ2v) is 16.9. The van der Waals surface area contributed by atoms with Gasteiger partial charge in [0.1, 0.15) is 16.3 Å². The first-order valence-corrected chi connectivity index (χ1v) is 20.0. The van der Waals surface area contributed by atoms with Gasteiger partial charge in [0.15, 0.2) is 0 Å². The molecule has 0 bridgehead atoms. The molecule has 3 aromatic heterocycles. The predicted octanol–water partition coefficient (Wildman–Crippen LogP) is 7.10. The molecular weight excluding hydrogens is 782 g/mol. The average molecular weight is 815 g/mol. The molecule has 1 fully saturated rings. The van der Waals surface area contributed by atoms with E-state index in [2.05, 4.69) is 4.98 Å². The molecule has 3 amide bonds. The minimum Gasteiger partial charge on any atom is -0.474 e. The van der Waals surface area contributed by atoms with E-state index in [0.29, 0.717) is 33.7 Å². The lowest BCUT2D eigenvalue weighted by Crippen LogP contribution is -2.68. The van der Waals surface area contributed by atoms with Crippen LogP contribution in [0.15, 0.2) is 35.8 Å². The maximum atomic E-state index is 15.2. The Morgan fingerprint density at radius 1 is 1.10 bits per heavy atom. The fraction of sp³-hybridized carbons (Fsp3) is 0.500. The number of fused-ring (bicyclic) bond motifs is 1. The Balaban J connectivity index is 1.62. The van der Waals surface area contributed by atoms with E-state index < -0.39 is 73.9 Å². The van der Waals surface area contributed by atoms with Gasteiger partial charge in [-0.25, -0.2) is 8.42 Å². The summed E-state index contributed by atoms with van der Waals surface area (Å²) in [5.41, 5.74) is -3.73. The van der Waals surface area contributed by atoms with E-state index in [4.69, 9.17) is 16.3 Å². The zero-order chi connectivity index (χ0) is 38.2. The molecule has 52 heavy (non-hydrogen) atoms. The smallest absolute Gasteiger partial charge is 0.425 e. The van der Waals surface area contributed by atoms with Gasteiger partial charge in [0.2, 0.25) is 21.5 Å². The molecule has 2 aliphatic rings. The number of nitrogens with one attached hydrogen (secondary N) is 1. The van der Waals surface area contributed by atoms with Crippen LogP contribution in [0.25, 0.3) is 0 Å². The Bertz CT molecular complexity index is 1930. The van der Waals surface area contributed by atoms with Gasteiger partial charge in [0.25, 0.3) is 11.8 Å². The van der Waals surface area contributed by atoms with Gasteiger partial charge in [-0.3, -0.25) is 24.1 Å². The van der Waals surface area contributed by atoms with Crippen LogP contribution in [0.1, 0.15) is 82.9 Å². The number of sulfonamides is 1. The maximum absolute atomic E-state index is 15.2. The van der Waals surface area contributed by atoms with Gasteiger partial charge in [-0.2, -0.15) is 26.3 Å². The Hall–Kier alpha value is -3.42. The van der Waals surface area contributed by atoms with E-state index in [1.165, 1.54) is 16.2 Å². The summed E-state index contributed by atoms with van der Waals surface area (Å²) < 4.78 is 115. The number of amides is 3. The molecule has 10 nitrogen and oxygen atoms in total. The number of alkyl halides is 6. The van der Waals surface area contributed by atoms with Gasteiger partial charge in [-0.05, 0) is 49.4 Å². The number of ether oxygens (including phenoxy) is 1. The lowest BCUT2D eigenvalue weighted by molar-refractivity contribution is -0.162. The summed E-state index contributed by atoms with van der Waals surface area (Å²) in [5.74, 6) is -3.06. The highest BCUT2D eigenvalue weighted by Crippen LogP contribution is 2.46. The summed E-state index contributed by atoms with van der Waals surface area (Å²) in [6, 6.07) is 1.92. The minimum absolute atomic E-state index is 0.00668. The fourth-order valence-electron chi connectivity index (χ4n) is 6.83. The Morgan fingerprint density at radius 2 is 1.83 bits per heavy atom. The third kappa shape index (κ3) is 8.52. The number of nitrogens with zero attached hydrogens (tertiary/aromatic N) is 3.